The molecule has 2 heterocycles. The highest BCUT2D eigenvalue weighted by Gasteiger charge is 2.19. The average molecular weight is 352 g/mol. The summed E-state index contributed by atoms with van der Waals surface area (Å²) in [5.74, 6) is 0.140. The number of fused-ring (bicyclic) bond motifs is 1. The predicted molar refractivity (Wildman–Crippen MR) is 91.1 cm³/mol. The van der Waals surface area contributed by atoms with Crippen molar-refractivity contribution in [3.63, 3.8) is 0 Å². The highest BCUT2D eigenvalue weighted by atomic mass is 19.1. The topological polar surface area (TPSA) is 93.9 Å². The van der Waals surface area contributed by atoms with Gasteiger partial charge in [-0.2, -0.15) is 5.21 Å². The lowest BCUT2D eigenvalue weighted by Crippen LogP contribution is -2.11. The smallest absolute Gasteiger partial charge is 0.235 e. The number of nitrogens with one attached hydrogen (secondary N) is 1. The number of H-pyrrole nitrogens is 1. The van der Waals surface area contributed by atoms with Gasteiger partial charge >= 0.3 is 0 Å². The van der Waals surface area contributed by atoms with Crippen molar-refractivity contribution in [2.45, 2.75) is 13.5 Å². The van der Waals surface area contributed by atoms with E-state index in [1.165, 1.54) is 24.3 Å². The first-order chi connectivity index (χ1) is 12.6. The van der Waals surface area contributed by atoms with Crippen LogP contribution in [0.1, 0.15) is 11.4 Å². The molecule has 0 spiro atoms. The summed E-state index contributed by atoms with van der Waals surface area (Å²) in [6.07, 6.45) is 0. The Labute approximate surface area is 146 Å². The van der Waals surface area contributed by atoms with Crippen molar-refractivity contribution in [2.75, 3.05) is 0 Å². The molecule has 26 heavy (non-hydrogen) atoms. The minimum absolute atomic E-state index is 0.0169. The monoisotopic (exact) mass is 352 g/mol. The largest absolute Gasteiger partial charge is 0.478 e. The zero-order chi connectivity index (χ0) is 18.1. The van der Waals surface area contributed by atoms with Crippen LogP contribution in [0.2, 0.25) is 0 Å². The molecule has 0 saturated carbocycles. The van der Waals surface area contributed by atoms with Gasteiger partial charge in [-0.25, -0.2) is 4.39 Å². The number of aromatic amines is 1. The van der Waals surface area contributed by atoms with E-state index in [0.717, 1.165) is 5.56 Å². The molecule has 7 nitrogen and oxygen atoms in total. The summed E-state index contributed by atoms with van der Waals surface area (Å²) < 4.78 is 24.9. The van der Waals surface area contributed by atoms with Crippen LogP contribution in [0.5, 0.6) is 5.75 Å². The highest BCUT2D eigenvalue weighted by Crippen LogP contribution is 2.32. The Morgan fingerprint density at radius 2 is 2.00 bits per heavy atom. The second-order valence-electron chi connectivity index (χ2n) is 5.66. The number of aryl methyl sites for hydroxylation is 1. The van der Waals surface area contributed by atoms with Gasteiger partial charge < -0.3 is 9.15 Å². The van der Waals surface area contributed by atoms with Crippen LogP contribution >= 0.6 is 0 Å². The number of benzene rings is 2. The van der Waals surface area contributed by atoms with Gasteiger partial charge in [0.25, 0.3) is 0 Å². The maximum atomic E-state index is 13.3. The molecular formula is C18H13FN4O3. The molecule has 2 aromatic heterocycles. The number of halogens is 1. The normalized spacial score (nSPS) is 11.0. The Morgan fingerprint density at radius 1 is 1.19 bits per heavy atom. The molecule has 8 heteroatoms. The molecule has 0 fully saturated rings. The summed E-state index contributed by atoms with van der Waals surface area (Å²) in [4.78, 5) is 13.0. The fourth-order valence-corrected chi connectivity index (χ4v) is 2.69. The van der Waals surface area contributed by atoms with Crippen LogP contribution in [0.3, 0.4) is 0 Å². The summed E-state index contributed by atoms with van der Waals surface area (Å²) >= 11 is 0. The van der Waals surface area contributed by atoms with Crippen LogP contribution in [0.15, 0.2) is 51.7 Å². The van der Waals surface area contributed by atoms with E-state index >= 15 is 0 Å². The average Bonchev–Trinajstić information content (AvgIpc) is 3.15. The Hall–Kier alpha value is -3.55. The van der Waals surface area contributed by atoms with E-state index in [4.69, 9.17) is 9.15 Å². The fourth-order valence-electron chi connectivity index (χ4n) is 2.69. The highest BCUT2D eigenvalue weighted by molar-refractivity contribution is 5.84. The number of ether oxygens (including phenoxy) is 1. The molecule has 0 aliphatic carbocycles. The van der Waals surface area contributed by atoms with Crippen LogP contribution in [-0.2, 0) is 6.61 Å². The van der Waals surface area contributed by atoms with E-state index in [9.17, 15) is 9.18 Å². The minimum atomic E-state index is -0.387. The molecule has 130 valence electrons. The van der Waals surface area contributed by atoms with E-state index in [-0.39, 0.29) is 29.4 Å². The van der Waals surface area contributed by atoms with Crippen molar-refractivity contribution in [3.8, 4) is 17.1 Å². The van der Waals surface area contributed by atoms with E-state index < -0.39 is 0 Å². The minimum Gasteiger partial charge on any atom is -0.478 e. The quantitative estimate of drug-likeness (QED) is 0.607. The molecule has 1 N–H and O–H groups in total. The maximum absolute atomic E-state index is 13.3. The number of nitrogens with zero attached hydrogens (tertiary/aromatic N) is 3. The number of tetrazole rings is 1. The van der Waals surface area contributed by atoms with Crippen molar-refractivity contribution in [1.29, 1.82) is 0 Å². The molecule has 0 unspecified atom stereocenters. The molecule has 4 aromatic rings. The third kappa shape index (κ3) is 2.81. The number of rotatable bonds is 4. The number of hydrogen-bond acceptors (Lipinski definition) is 6. The van der Waals surface area contributed by atoms with E-state index in [2.05, 4.69) is 20.6 Å². The molecule has 0 aliphatic heterocycles. The van der Waals surface area contributed by atoms with Crippen LogP contribution < -0.4 is 10.2 Å². The Bertz CT molecular complexity index is 1120. The third-order valence-corrected chi connectivity index (χ3v) is 3.93. The molecule has 4 rings (SSSR count). The second-order valence-corrected chi connectivity index (χ2v) is 5.66. The first kappa shape index (κ1) is 15.9. The molecule has 0 saturated heterocycles. The standard InChI is InChI=1S/C18H13FN4O3/c1-10-3-2-4-13-15(10)16(24)18(25-9-14-20-22-23-21-14)17(26-13)11-5-7-12(19)8-6-11/h2-8H,9H2,1H3,(H,20,21,22,23). The van der Waals surface area contributed by atoms with Gasteiger partial charge in [0.2, 0.25) is 17.0 Å². The number of aromatic nitrogens is 4. The fraction of sp³-hybridized carbons (Fsp3) is 0.111. The predicted octanol–water partition coefficient (Wildman–Crippen LogP) is 3.00. The SMILES string of the molecule is Cc1cccc2oc(-c3ccc(F)cc3)c(OCc3nn[nH]n3)c(=O)c12. The zero-order valence-electron chi connectivity index (χ0n) is 13.7. The van der Waals surface area contributed by atoms with Gasteiger partial charge in [0, 0.05) is 5.56 Å². The van der Waals surface area contributed by atoms with Gasteiger partial charge in [-0.3, -0.25) is 4.79 Å². The molecule has 2 aromatic carbocycles. The Balaban J connectivity index is 1.91. The lowest BCUT2D eigenvalue weighted by atomic mass is 10.1. The van der Waals surface area contributed by atoms with Gasteiger partial charge in [-0.1, -0.05) is 17.3 Å². The van der Waals surface area contributed by atoms with E-state index in [1.807, 2.05) is 13.0 Å². The lowest BCUT2D eigenvalue weighted by molar-refractivity contribution is 0.288. The van der Waals surface area contributed by atoms with Crippen LogP contribution in [0, 0.1) is 12.7 Å². The van der Waals surface area contributed by atoms with Crippen molar-refractivity contribution >= 4 is 11.0 Å². The van der Waals surface area contributed by atoms with Gasteiger partial charge in [0.15, 0.2) is 12.4 Å². The van der Waals surface area contributed by atoms with Gasteiger partial charge in [0.1, 0.15) is 11.4 Å². The summed E-state index contributed by atoms with van der Waals surface area (Å²) in [6.45, 7) is 1.76. The van der Waals surface area contributed by atoms with Crippen LogP contribution in [0.25, 0.3) is 22.3 Å². The van der Waals surface area contributed by atoms with Crippen LogP contribution in [0.4, 0.5) is 4.39 Å². The van der Waals surface area contributed by atoms with Crippen molar-refractivity contribution in [2.24, 2.45) is 0 Å². The molecule has 0 radical (unpaired) electrons. The van der Waals surface area contributed by atoms with Crippen molar-refractivity contribution in [1.82, 2.24) is 20.6 Å². The van der Waals surface area contributed by atoms with Gasteiger partial charge in [-0.05, 0) is 42.8 Å². The van der Waals surface area contributed by atoms with Gasteiger partial charge in [-0.15, -0.1) is 10.2 Å². The molecular weight excluding hydrogens is 339 g/mol. The lowest BCUT2D eigenvalue weighted by Gasteiger charge is -2.11. The Morgan fingerprint density at radius 3 is 2.73 bits per heavy atom. The molecule has 0 bridgehead atoms. The Kier molecular flexibility index (Phi) is 3.92. The summed E-state index contributed by atoms with van der Waals surface area (Å²) in [5.41, 5.74) is 1.41. The maximum Gasteiger partial charge on any atom is 0.235 e. The van der Waals surface area contributed by atoms with E-state index in [0.29, 0.717) is 22.4 Å². The third-order valence-electron chi connectivity index (χ3n) is 3.93. The summed E-state index contributed by atoms with van der Waals surface area (Å²) in [5, 5.41) is 13.8. The van der Waals surface area contributed by atoms with E-state index in [1.54, 1.807) is 12.1 Å². The second kappa shape index (κ2) is 6.40. The van der Waals surface area contributed by atoms with Crippen molar-refractivity contribution in [3.05, 3.63) is 69.9 Å². The number of hydrogen-bond donors (Lipinski definition) is 1. The first-order valence-corrected chi connectivity index (χ1v) is 7.81. The van der Waals surface area contributed by atoms with Crippen molar-refractivity contribution < 1.29 is 13.5 Å². The first-order valence-electron chi connectivity index (χ1n) is 7.81. The summed E-state index contributed by atoms with van der Waals surface area (Å²) in [7, 11) is 0. The molecule has 0 aliphatic rings. The summed E-state index contributed by atoms with van der Waals surface area (Å²) in [6, 6.07) is 11.0. The molecule has 0 amide bonds. The van der Waals surface area contributed by atoms with Gasteiger partial charge in [0.05, 0.1) is 5.39 Å². The zero-order valence-corrected chi connectivity index (χ0v) is 13.7. The van der Waals surface area contributed by atoms with Crippen LogP contribution in [-0.4, -0.2) is 20.6 Å². The molecule has 0 atom stereocenters.